The van der Waals surface area contributed by atoms with Crippen LogP contribution in [0.5, 0.6) is 0 Å². The Kier molecular flexibility index (Phi) is 13.5. The highest BCUT2D eigenvalue weighted by molar-refractivity contribution is 7.92. The van der Waals surface area contributed by atoms with E-state index in [1.54, 1.807) is 0 Å². The minimum absolute atomic E-state index is 0.0300. The zero-order chi connectivity index (χ0) is 29.0. The first-order valence-electron chi connectivity index (χ1n) is 13.7. The number of sulfone groups is 1. The minimum atomic E-state index is -3.62. The molecule has 0 amide bonds. The second-order valence-electron chi connectivity index (χ2n) is 10.1. The van der Waals surface area contributed by atoms with Crippen molar-refractivity contribution in [2.45, 2.75) is 89.3 Å². The molecule has 0 saturated heterocycles. The van der Waals surface area contributed by atoms with E-state index in [2.05, 4.69) is 18.3 Å². The maximum atomic E-state index is 13.7. The van der Waals surface area contributed by atoms with E-state index in [-0.39, 0.29) is 13.0 Å². The van der Waals surface area contributed by atoms with E-state index in [0.29, 0.717) is 37.8 Å². The molecule has 2 aromatic rings. The Hall–Kier alpha value is -2.40. The average Bonchev–Trinajstić information content (AvgIpc) is 2.87. The Morgan fingerprint density at radius 3 is 2.15 bits per heavy atom. The van der Waals surface area contributed by atoms with Crippen molar-refractivity contribution in [3.05, 3.63) is 70.8 Å². The molecular weight excluding hydrogens is 524 g/mol. The van der Waals surface area contributed by atoms with Gasteiger partial charge in [0.2, 0.25) is 0 Å². The van der Waals surface area contributed by atoms with Crippen LogP contribution in [-0.2, 0) is 38.8 Å². The number of nitrogens with two attached hydrogens (primary N) is 2. The fourth-order valence-corrected chi connectivity index (χ4v) is 6.67. The molecule has 39 heavy (non-hydrogen) atoms. The molecule has 10 heteroatoms. The fraction of sp³-hybridized carbons (Fsp3) is 0.552. The highest BCUT2D eigenvalue weighted by Gasteiger charge is 2.32. The van der Waals surface area contributed by atoms with Gasteiger partial charge in [-0.1, -0.05) is 57.9 Å². The minimum Gasteiger partial charge on any atom is -0.458 e. The van der Waals surface area contributed by atoms with Crippen LogP contribution in [0, 0.1) is 11.6 Å². The van der Waals surface area contributed by atoms with Gasteiger partial charge in [-0.25, -0.2) is 17.2 Å². The van der Waals surface area contributed by atoms with Gasteiger partial charge >= 0.3 is 5.97 Å². The Balaban J connectivity index is 2.14. The molecule has 3 atom stereocenters. The van der Waals surface area contributed by atoms with Crippen LogP contribution in [0.3, 0.4) is 0 Å². The molecule has 0 heterocycles. The van der Waals surface area contributed by atoms with Crippen LogP contribution in [-0.4, -0.2) is 50.1 Å². The molecule has 0 aliphatic carbocycles. The quantitative estimate of drug-likeness (QED) is 0.248. The lowest BCUT2D eigenvalue weighted by atomic mass is 10.0. The van der Waals surface area contributed by atoms with Gasteiger partial charge in [0, 0.05) is 25.2 Å². The zero-order valence-electron chi connectivity index (χ0n) is 23.2. The first-order valence-corrected chi connectivity index (χ1v) is 15.4. The second kappa shape index (κ2) is 16.0. The largest absolute Gasteiger partial charge is 0.458 e. The molecule has 0 saturated carbocycles. The Morgan fingerprint density at radius 2 is 1.56 bits per heavy atom. The highest BCUT2D eigenvalue weighted by atomic mass is 32.2. The molecule has 0 bridgehead atoms. The summed E-state index contributed by atoms with van der Waals surface area (Å²) >= 11 is 0. The van der Waals surface area contributed by atoms with Gasteiger partial charge in [-0.15, -0.1) is 0 Å². The van der Waals surface area contributed by atoms with E-state index >= 15 is 0 Å². The molecule has 0 aliphatic heterocycles. The zero-order valence-corrected chi connectivity index (χ0v) is 24.0. The number of rotatable bonds is 17. The van der Waals surface area contributed by atoms with Crippen LogP contribution in [0.1, 0.15) is 63.1 Å². The van der Waals surface area contributed by atoms with E-state index in [9.17, 15) is 22.0 Å². The molecule has 7 nitrogen and oxygen atoms in total. The van der Waals surface area contributed by atoms with Crippen LogP contribution < -0.4 is 16.8 Å². The topological polar surface area (TPSA) is 125 Å². The average molecular weight is 568 g/mol. The number of esters is 1. The third kappa shape index (κ3) is 10.9. The van der Waals surface area contributed by atoms with E-state index in [1.807, 2.05) is 32.0 Å². The summed E-state index contributed by atoms with van der Waals surface area (Å²) in [6, 6.07) is 8.92. The number of hydrogen-bond donors (Lipinski definition) is 3. The van der Waals surface area contributed by atoms with Crippen molar-refractivity contribution in [2.75, 3.05) is 12.3 Å². The number of carbonyl (C=O) groups excluding carboxylic acids is 1. The molecular formula is C29H43F2N3O4S. The van der Waals surface area contributed by atoms with Gasteiger partial charge in [-0.05, 0) is 54.5 Å². The van der Waals surface area contributed by atoms with Gasteiger partial charge in [-0.3, -0.25) is 4.79 Å². The first-order chi connectivity index (χ1) is 18.5. The van der Waals surface area contributed by atoms with Crippen LogP contribution in [0.15, 0.2) is 42.5 Å². The lowest BCUT2D eigenvalue weighted by molar-refractivity contribution is -0.151. The standard InChI is InChI=1S/C29H43F2N3O4S/c1-4-8-25(9-5-2)39(36,37)19-27(33)29(35)38-28(18-34-17-21-11-7-10-20(6-3)12-21)26(32)15-22-13-23(30)16-24(31)14-22/h7,10-14,16,25-28,34H,4-6,8-9,15,17-19,32-33H2,1-3H3/t26-,27+,28+/m0/s1. The number of benzene rings is 2. The van der Waals surface area contributed by atoms with E-state index in [0.717, 1.165) is 18.1 Å². The van der Waals surface area contributed by atoms with E-state index in [1.165, 1.54) is 17.7 Å². The third-order valence-corrected chi connectivity index (χ3v) is 8.97. The summed E-state index contributed by atoms with van der Waals surface area (Å²) in [6.07, 6.45) is 2.40. The molecule has 5 N–H and O–H groups in total. The van der Waals surface area contributed by atoms with Gasteiger partial charge in [0.1, 0.15) is 23.8 Å². The number of ether oxygens (including phenoxy) is 1. The lowest BCUT2D eigenvalue weighted by Gasteiger charge is -2.26. The number of carbonyl (C=O) groups is 1. The summed E-state index contributed by atoms with van der Waals surface area (Å²) in [5.74, 6) is -2.88. The normalized spacial score (nSPS) is 14.3. The van der Waals surface area contributed by atoms with Crippen molar-refractivity contribution < 1.29 is 26.7 Å². The van der Waals surface area contributed by atoms with Crippen molar-refractivity contribution >= 4 is 15.8 Å². The number of nitrogens with one attached hydrogen (secondary N) is 1. The Labute approximate surface area is 231 Å². The Bertz CT molecular complexity index is 1140. The van der Waals surface area contributed by atoms with Crippen LogP contribution >= 0.6 is 0 Å². The first kappa shape index (κ1) is 32.8. The summed E-state index contributed by atoms with van der Waals surface area (Å²) in [7, 11) is -3.62. The van der Waals surface area contributed by atoms with Crippen LogP contribution in [0.25, 0.3) is 0 Å². The number of aryl methyl sites for hydroxylation is 1. The van der Waals surface area contributed by atoms with Crippen molar-refractivity contribution in [1.82, 2.24) is 5.32 Å². The van der Waals surface area contributed by atoms with Gasteiger partial charge in [0.05, 0.1) is 11.0 Å². The van der Waals surface area contributed by atoms with Crippen LogP contribution in [0.4, 0.5) is 8.78 Å². The monoisotopic (exact) mass is 567 g/mol. The molecule has 0 spiro atoms. The summed E-state index contributed by atoms with van der Waals surface area (Å²) in [5, 5.41) is 2.66. The third-order valence-electron chi connectivity index (χ3n) is 6.66. The molecule has 0 aliphatic rings. The smallest absolute Gasteiger partial charge is 0.324 e. The van der Waals surface area contributed by atoms with Gasteiger partial charge < -0.3 is 21.5 Å². The number of hydrogen-bond acceptors (Lipinski definition) is 7. The fourth-order valence-electron chi connectivity index (χ4n) is 4.57. The molecule has 2 rings (SSSR count). The molecule has 0 aromatic heterocycles. The maximum Gasteiger partial charge on any atom is 0.324 e. The van der Waals surface area contributed by atoms with E-state index in [4.69, 9.17) is 16.2 Å². The highest BCUT2D eigenvalue weighted by Crippen LogP contribution is 2.17. The van der Waals surface area contributed by atoms with Crippen molar-refractivity contribution in [2.24, 2.45) is 11.5 Å². The number of halogens is 2. The van der Waals surface area contributed by atoms with Crippen LogP contribution in [0.2, 0.25) is 0 Å². The summed E-state index contributed by atoms with van der Waals surface area (Å²) < 4.78 is 59.0. The predicted octanol–water partition coefficient (Wildman–Crippen LogP) is 3.81. The molecule has 218 valence electrons. The van der Waals surface area contributed by atoms with E-state index < -0.39 is 56.6 Å². The van der Waals surface area contributed by atoms with Gasteiger partial charge in [0.15, 0.2) is 9.84 Å². The van der Waals surface area contributed by atoms with Crippen molar-refractivity contribution in [3.8, 4) is 0 Å². The molecule has 2 aromatic carbocycles. The van der Waals surface area contributed by atoms with Crippen molar-refractivity contribution in [1.29, 1.82) is 0 Å². The predicted molar refractivity (Wildman–Crippen MR) is 151 cm³/mol. The maximum absolute atomic E-state index is 13.7. The molecule has 0 unspecified atom stereocenters. The summed E-state index contributed by atoms with van der Waals surface area (Å²) in [5.41, 5.74) is 14.9. The summed E-state index contributed by atoms with van der Waals surface area (Å²) in [4.78, 5) is 12.9. The Morgan fingerprint density at radius 1 is 0.949 bits per heavy atom. The van der Waals surface area contributed by atoms with Gasteiger partial charge in [-0.2, -0.15) is 0 Å². The summed E-state index contributed by atoms with van der Waals surface area (Å²) in [6.45, 7) is 6.49. The SMILES string of the molecule is CCCC(CCC)S(=O)(=O)C[C@@H](N)C(=O)O[C@H](CNCc1cccc(CC)c1)[C@@H](N)Cc1cc(F)cc(F)c1. The lowest BCUT2D eigenvalue weighted by Crippen LogP contribution is -2.49. The molecule has 0 radical (unpaired) electrons. The van der Waals surface area contributed by atoms with Gasteiger partial charge in [0.25, 0.3) is 0 Å². The second-order valence-corrected chi connectivity index (χ2v) is 12.4. The van der Waals surface area contributed by atoms with Crippen molar-refractivity contribution in [3.63, 3.8) is 0 Å². The molecule has 0 fully saturated rings.